The van der Waals surface area contributed by atoms with Crippen molar-refractivity contribution in [1.29, 1.82) is 0 Å². The fourth-order valence-corrected chi connectivity index (χ4v) is 2.45. The van der Waals surface area contributed by atoms with Crippen LogP contribution in [0.3, 0.4) is 0 Å². The first-order valence-electron chi connectivity index (χ1n) is 6.73. The lowest BCUT2D eigenvalue weighted by Gasteiger charge is -2.11. The van der Waals surface area contributed by atoms with Crippen molar-refractivity contribution in [1.82, 2.24) is 0 Å². The van der Waals surface area contributed by atoms with Gasteiger partial charge in [0.05, 0.1) is 0 Å². The lowest BCUT2D eigenvalue weighted by Crippen LogP contribution is -2.17. The molecule has 21 heavy (non-hydrogen) atoms. The molecule has 0 saturated heterocycles. The smallest absolute Gasteiger partial charge is 0.246 e. The maximum Gasteiger partial charge on any atom is 0.246 e. The van der Waals surface area contributed by atoms with E-state index in [9.17, 15) is 4.79 Å². The van der Waals surface area contributed by atoms with Crippen molar-refractivity contribution in [3.05, 3.63) is 78.4 Å². The zero-order chi connectivity index (χ0) is 14.7. The summed E-state index contributed by atoms with van der Waals surface area (Å²) < 4.78 is 0. The molecule has 0 aliphatic rings. The molecule has 0 bridgehead atoms. The Bertz CT molecular complexity index is 770. The molecular weight excluding hydrogens is 282 g/mol. The number of carbonyl (C=O) groups is 1. The largest absolute Gasteiger partial charge is 0.324 e. The molecular formula is C18H14ClNO. The maximum absolute atomic E-state index is 12.2. The van der Waals surface area contributed by atoms with Crippen LogP contribution < -0.4 is 5.32 Å². The van der Waals surface area contributed by atoms with Gasteiger partial charge in [-0.3, -0.25) is 4.79 Å². The van der Waals surface area contributed by atoms with Gasteiger partial charge in [0.15, 0.2) is 0 Å². The molecule has 0 fully saturated rings. The van der Waals surface area contributed by atoms with E-state index in [2.05, 4.69) is 5.32 Å². The normalized spacial score (nSPS) is 12.0. The molecule has 1 N–H and O–H groups in total. The molecule has 3 aromatic rings. The standard InChI is InChI=1S/C18H14ClNO/c19-17(14-7-2-1-3-8-14)18(21)20-16-11-10-13-6-4-5-9-15(13)12-16/h1-12,17H,(H,20,21). The summed E-state index contributed by atoms with van der Waals surface area (Å²) in [6.07, 6.45) is 0. The zero-order valence-electron chi connectivity index (χ0n) is 11.3. The Balaban J connectivity index is 1.80. The van der Waals surface area contributed by atoms with Gasteiger partial charge in [0.2, 0.25) is 5.91 Å². The first kappa shape index (κ1) is 13.7. The van der Waals surface area contributed by atoms with Crippen molar-refractivity contribution in [2.75, 3.05) is 5.32 Å². The molecule has 0 spiro atoms. The minimum atomic E-state index is -0.697. The molecule has 1 unspecified atom stereocenters. The average molecular weight is 296 g/mol. The number of nitrogens with one attached hydrogen (secondary N) is 1. The lowest BCUT2D eigenvalue weighted by molar-refractivity contribution is -0.116. The molecule has 3 rings (SSSR count). The van der Waals surface area contributed by atoms with Gasteiger partial charge in [0.25, 0.3) is 0 Å². The lowest BCUT2D eigenvalue weighted by atomic mass is 10.1. The second-order valence-electron chi connectivity index (χ2n) is 4.82. The minimum Gasteiger partial charge on any atom is -0.324 e. The Hall–Kier alpha value is -2.32. The number of alkyl halides is 1. The van der Waals surface area contributed by atoms with E-state index in [1.54, 1.807) is 0 Å². The van der Waals surface area contributed by atoms with Crippen LogP contribution in [-0.2, 0) is 4.79 Å². The number of hydrogen-bond acceptors (Lipinski definition) is 1. The number of hydrogen-bond donors (Lipinski definition) is 1. The Morgan fingerprint density at radius 2 is 1.52 bits per heavy atom. The third-order valence-electron chi connectivity index (χ3n) is 3.34. The molecule has 2 nitrogen and oxygen atoms in total. The molecule has 0 heterocycles. The highest BCUT2D eigenvalue weighted by Crippen LogP contribution is 2.24. The van der Waals surface area contributed by atoms with Gasteiger partial charge in [0, 0.05) is 5.69 Å². The van der Waals surface area contributed by atoms with Crippen LogP contribution in [0.25, 0.3) is 10.8 Å². The molecule has 3 aromatic carbocycles. The van der Waals surface area contributed by atoms with Gasteiger partial charge in [-0.25, -0.2) is 0 Å². The summed E-state index contributed by atoms with van der Waals surface area (Å²) in [7, 11) is 0. The van der Waals surface area contributed by atoms with Crippen LogP contribution in [0, 0.1) is 0 Å². The summed E-state index contributed by atoms with van der Waals surface area (Å²) in [5, 5.41) is 4.39. The Labute approximate surface area is 128 Å². The van der Waals surface area contributed by atoms with Gasteiger partial charge in [-0.2, -0.15) is 0 Å². The van der Waals surface area contributed by atoms with Crippen LogP contribution in [0.2, 0.25) is 0 Å². The predicted octanol–water partition coefficient (Wildman–Crippen LogP) is 4.76. The minimum absolute atomic E-state index is 0.224. The number of halogens is 1. The molecule has 0 radical (unpaired) electrons. The number of benzene rings is 3. The summed E-state index contributed by atoms with van der Waals surface area (Å²) in [6.45, 7) is 0. The number of rotatable bonds is 3. The third-order valence-corrected chi connectivity index (χ3v) is 3.79. The summed E-state index contributed by atoms with van der Waals surface area (Å²) in [5.41, 5.74) is 1.54. The van der Waals surface area contributed by atoms with Crippen molar-refractivity contribution in [3.63, 3.8) is 0 Å². The van der Waals surface area contributed by atoms with E-state index in [4.69, 9.17) is 11.6 Å². The highest BCUT2D eigenvalue weighted by Gasteiger charge is 2.17. The van der Waals surface area contributed by atoms with Gasteiger partial charge >= 0.3 is 0 Å². The van der Waals surface area contributed by atoms with Crippen molar-refractivity contribution in [2.24, 2.45) is 0 Å². The highest BCUT2D eigenvalue weighted by molar-refractivity contribution is 6.32. The third kappa shape index (κ3) is 3.06. The molecule has 0 aliphatic heterocycles. The fraction of sp³-hybridized carbons (Fsp3) is 0.0556. The van der Waals surface area contributed by atoms with E-state index in [0.29, 0.717) is 0 Å². The number of fused-ring (bicyclic) bond motifs is 1. The maximum atomic E-state index is 12.2. The molecule has 0 aliphatic carbocycles. The van der Waals surface area contributed by atoms with E-state index < -0.39 is 5.38 Å². The SMILES string of the molecule is O=C(Nc1ccc2ccccc2c1)C(Cl)c1ccccc1. The second-order valence-corrected chi connectivity index (χ2v) is 5.26. The molecule has 1 atom stereocenters. The van der Waals surface area contributed by atoms with E-state index in [1.165, 1.54) is 0 Å². The number of anilines is 1. The average Bonchev–Trinajstić information content (AvgIpc) is 2.55. The van der Waals surface area contributed by atoms with Crippen LogP contribution in [0.5, 0.6) is 0 Å². The van der Waals surface area contributed by atoms with Crippen molar-refractivity contribution >= 4 is 34.0 Å². The van der Waals surface area contributed by atoms with Crippen molar-refractivity contribution < 1.29 is 4.79 Å². The number of amides is 1. The summed E-state index contributed by atoms with van der Waals surface area (Å²) in [4.78, 5) is 12.2. The quantitative estimate of drug-likeness (QED) is 0.694. The van der Waals surface area contributed by atoms with Gasteiger partial charge in [-0.1, -0.05) is 60.7 Å². The van der Waals surface area contributed by atoms with Gasteiger partial charge in [-0.15, -0.1) is 11.6 Å². The summed E-state index contributed by atoms with van der Waals surface area (Å²) in [6, 6.07) is 23.2. The predicted molar refractivity (Wildman–Crippen MR) is 87.6 cm³/mol. The van der Waals surface area contributed by atoms with Gasteiger partial charge in [0.1, 0.15) is 5.38 Å². The Kier molecular flexibility index (Phi) is 3.89. The van der Waals surface area contributed by atoms with Crippen LogP contribution >= 0.6 is 11.6 Å². The summed E-state index contributed by atoms with van der Waals surface area (Å²) >= 11 is 6.21. The summed E-state index contributed by atoms with van der Waals surface area (Å²) in [5.74, 6) is -0.224. The van der Waals surface area contributed by atoms with E-state index >= 15 is 0 Å². The molecule has 3 heteroatoms. The van der Waals surface area contributed by atoms with Crippen LogP contribution in [0.4, 0.5) is 5.69 Å². The van der Waals surface area contributed by atoms with Gasteiger partial charge in [-0.05, 0) is 28.5 Å². The molecule has 0 aromatic heterocycles. The van der Waals surface area contributed by atoms with Crippen LogP contribution in [0.1, 0.15) is 10.9 Å². The second kappa shape index (κ2) is 5.98. The van der Waals surface area contributed by atoms with Crippen molar-refractivity contribution in [2.45, 2.75) is 5.38 Å². The van der Waals surface area contributed by atoms with Crippen LogP contribution in [0.15, 0.2) is 72.8 Å². The number of carbonyl (C=O) groups excluding carboxylic acids is 1. The molecule has 104 valence electrons. The first-order valence-corrected chi connectivity index (χ1v) is 7.16. The monoisotopic (exact) mass is 295 g/mol. The van der Waals surface area contributed by atoms with Crippen molar-refractivity contribution in [3.8, 4) is 0 Å². The Morgan fingerprint density at radius 1 is 0.857 bits per heavy atom. The first-order chi connectivity index (χ1) is 10.2. The van der Waals surface area contributed by atoms with Crippen LogP contribution in [-0.4, -0.2) is 5.91 Å². The molecule has 0 saturated carbocycles. The topological polar surface area (TPSA) is 29.1 Å². The van der Waals surface area contributed by atoms with E-state index in [0.717, 1.165) is 22.0 Å². The highest BCUT2D eigenvalue weighted by atomic mass is 35.5. The van der Waals surface area contributed by atoms with E-state index in [-0.39, 0.29) is 5.91 Å². The fourth-order valence-electron chi connectivity index (χ4n) is 2.25. The van der Waals surface area contributed by atoms with E-state index in [1.807, 2.05) is 72.8 Å². The Morgan fingerprint density at radius 3 is 2.29 bits per heavy atom. The zero-order valence-corrected chi connectivity index (χ0v) is 12.0. The molecule has 1 amide bonds. The van der Waals surface area contributed by atoms with Gasteiger partial charge < -0.3 is 5.32 Å².